The molecule has 0 unspecified atom stereocenters. The molecule has 0 saturated heterocycles. The Morgan fingerprint density at radius 2 is 2.05 bits per heavy atom. The molecule has 108 valence electrons. The number of hydrogen-bond acceptors (Lipinski definition) is 2. The van der Waals surface area contributed by atoms with E-state index in [-0.39, 0.29) is 11.7 Å². The van der Waals surface area contributed by atoms with Crippen molar-refractivity contribution < 1.29 is 4.39 Å². The lowest BCUT2D eigenvalue weighted by atomic mass is 9.81. The zero-order chi connectivity index (χ0) is 14.8. The third-order valence-electron chi connectivity index (χ3n) is 4.42. The van der Waals surface area contributed by atoms with E-state index < -0.39 is 0 Å². The second-order valence-corrected chi connectivity index (χ2v) is 5.95. The molecule has 0 spiro atoms. The molecule has 2 aromatic rings. The first-order valence-corrected chi connectivity index (χ1v) is 7.43. The molecule has 0 radical (unpaired) electrons. The van der Waals surface area contributed by atoms with Crippen molar-refractivity contribution in [2.75, 3.05) is 0 Å². The van der Waals surface area contributed by atoms with Crippen LogP contribution in [0.25, 0.3) is 11.3 Å². The molecule has 21 heavy (non-hydrogen) atoms. The second-order valence-electron chi connectivity index (χ2n) is 5.95. The molecule has 1 saturated carbocycles. The van der Waals surface area contributed by atoms with E-state index in [9.17, 15) is 4.39 Å². The Bertz CT molecular complexity index is 676. The van der Waals surface area contributed by atoms with Crippen LogP contribution < -0.4 is 0 Å². The van der Waals surface area contributed by atoms with Crippen LogP contribution in [-0.4, -0.2) is 10.2 Å². The second kappa shape index (κ2) is 5.69. The van der Waals surface area contributed by atoms with Crippen LogP contribution in [0.1, 0.15) is 49.8 Å². The van der Waals surface area contributed by atoms with E-state index in [4.69, 9.17) is 5.26 Å². The number of nitrogens with zero attached hydrogens (tertiary/aromatic N) is 2. The quantitative estimate of drug-likeness (QED) is 0.889. The smallest absolute Gasteiger partial charge is 0.172 e. The molecular formula is C17H18FN3. The summed E-state index contributed by atoms with van der Waals surface area (Å²) in [5.74, 6) is 0.713. The van der Waals surface area contributed by atoms with E-state index in [1.54, 1.807) is 24.3 Å². The highest BCUT2D eigenvalue weighted by Crippen LogP contribution is 2.37. The van der Waals surface area contributed by atoms with Gasteiger partial charge in [0, 0.05) is 11.5 Å². The number of aromatic nitrogens is 2. The zero-order valence-electron chi connectivity index (χ0n) is 12.1. The normalized spacial score (nSPS) is 22.0. The number of hydrogen-bond donors (Lipinski definition) is 1. The molecule has 0 aliphatic heterocycles. The summed E-state index contributed by atoms with van der Waals surface area (Å²) in [6.45, 7) is 2.25. The van der Waals surface area contributed by atoms with Crippen LogP contribution in [-0.2, 0) is 0 Å². The zero-order valence-corrected chi connectivity index (χ0v) is 12.1. The van der Waals surface area contributed by atoms with Gasteiger partial charge in [0.25, 0.3) is 0 Å². The van der Waals surface area contributed by atoms with Gasteiger partial charge in [0.05, 0.1) is 17.3 Å². The Morgan fingerprint density at radius 3 is 2.76 bits per heavy atom. The molecule has 1 aromatic carbocycles. The number of nitrogens with one attached hydrogen (secondary N) is 1. The first-order chi connectivity index (χ1) is 10.2. The van der Waals surface area contributed by atoms with Crippen LogP contribution in [0.5, 0.6) is 0 Å². The van der Waals surface area contributed by atoms with Gasteiger partial charge in [-0.1, -0.05) is 31.9 Å². The maximum absolute atomic E-state index is 14.7. The third kappa shape index (κ3) is 2.69. The summed E-state index contributed by atoms with van der Waals surface area (Å²) in [5.41, 5.74) is 2.11. The summed E-state index contributed by atoms with van der Waals surface area (Å²) in [4.78, 5) is 0. The Kier molecular flexibility index (Phi) is 3.74. The van der Waals surface area contributed by atoms with Crippen LogP contribution in [0.2, 0.25) is 0 Å². The minimum atomic E-state index is -0.260. The summed E-state index contributed by atoms with van der Waals surface area (Å²) in [6.07, 6.45) is 4.31. The molecule has 3 nitrogen and oxygen atoms in total. The van der Waals surface area contributed by atoms with Gasteiger partial charge in [-0.2, -0.15) is 10.4 Å². The Labute approximate surface area is 123 Å². The molecular weight excluding hydrogens is 265 g/mol. The summed E-state index contributed by atoms with van der Waals surface area (Å²) < 4.78 is 14.7. The molecule has 3 rings (SSSR count). The lowest BCUT2D eigenvalue weighted by molar-refractivity contribution is 0.338. The van der Waals surface area contributed by atoms with Crippen molar-refractivity contribution >= 4 is 0 Å². The Balaban J connectivity index is 1.90. The van der Waals surface area contributed by atoms with Crippen molar-refractivity contribution in [3.63, 3.8) is 0 Å². The van der Waals surface area contributed by atoms with Gasteiger partial charge in [0.15, 0.2) is 5.82 Å². The summed E-state index contributed by atoms with van der Waals surface area (Å²) in [6, 6.07) is 8.99. The summed E-state index contributed by atoms with van der Waals surface area (Å²) in [7, 11) is 0. The minimum Gasteiger partial charge on any atom is -0.279 e. The Hall–Kier alpha value is -2.15. The van der Waals surface area contributed by atoms with Gasteiger partial charge < -0.3 is 0 Å². The van der Waals surface area contributed by atoms with E-state index in [0.29, 0.717) is 22.5 Å². The standard InChI is InChI=1S/C17H18FN3/c1-11-5-7-13(8-6-11)16-15(18)17(21-20-16)14-4-2-3-12(9-14)10-19/h2-4,9,11,13H,5-8H2,1H3,(H,20,21). The van der Waals surface area contributed by atoms with Gasteiger partial charge in [-0.15, -0.1) is 0 Å². The highest BCUT2D eigenvalue weighted by atomic mass is 19.1. The molecule has 0 amide bonds. The number of H-pyrrole nitrogens is 1. The fourth-order valence-corrected chi connectivity index (χ4v) is 3.09. The minimum absolute atomic E-state index is 0.238. The van der Waals surface area contributed by atoms with Crippen molar-refractivity contribution in [1.29, 1.82) is 5.26 Å². The molecule has 4 heteroatoms. The van der Waals surface area contributed by atoms with Crippen LogP contribution >= 0.6 is 0 Å². The van der Waals surface area contributed by atoms with E-state index >= 15 is 0 Å². The molecule has 1 N–H and O–H groups in total. The Morgan fingerprint density at radius 1 is 1.29 bits per heavy atom. The largest absolute Gasteiger partial charge is 0.279 e. The van der Waals surface area contributed by atoms with Gasteiger partial charge >= 0.3 is 0 Å². The molecule has 1 heterocycles. The topological polar surface area (TPSA) is 52.5 Å². The van der Waals surface area contributed by atoms with E-state index in [2.05, 4.69) is 23.2 Å². The highest BCUT2D eigenvalue weighted by Gasteiger charge is 2.26. The van der Waals surface area contributed by atoms with Crippen LogP contribution in [0.3, 0.4) is 0 Å². The van der Waals surface area contributed by atoms with Gasteiger partial charge in [0.2, 0.25) is 0 Å². The maximum atomic E-state index is 14.7. The lowest BCUT2D eigenvalue weighted by Crippen LogP contribution is -2.12. The first kappa shape index (κ1) is 13.8. The summed E-state index contributed by atoms with van der Waals surface area (Å²) in [5, 5.41) is 16.0. The first-order valence-electron chi connectivity index (χ1n) is 7.43. The van der Waals surface area contributed by atoms with E-state index in [0.717, 1.165) is 31.6 Å². The third-order valence-corrected chi connectivity index (χ3v) is 4.42. The number of aromatic amines is 1. The van der Waals surface area contributed by atoms with Crippen molar-refractivity contribution in [2.45, 2.75) is 38.5 Å². The van der Waals surface area contributed by atoms with E-state index in [1.807, 2.05) is 0 Å². The predicted octanol–water partition coefficient (Wildman–Crippen LogP) is 4.38. The van der Waals surface area contributed by atoms with Gasteiger partial charge in [-0.25, -0.2) is 4.39 Å². The van der Waals surface area contributed by atoms with Gasteiger partial charge in [0.1, 0.15) is 5.69 Å². The molecule has 1 aromatic heterocycles. The monoisotopic (exact) mass is 283 g/mol. The fourth-order valence-electron chi connectivity index (χ4n) is 3.09. The van der Waals surface area contributed by atoms with Gasteiger partial charge in [-0.3, -0.25) is 5.10 Å². The average molecular weight is 283 g/mol. The maximum Gasteiger partial charge on any atom is 0.172 e. The van der Waals surface area contributed by atoms with Crippen molar-refractivity contribution in [2.24, 2.45) is 5.92 Å². The van der Waals surface area contributed by atoms with Crippen molar-refractivity contribution in [3.8, 4) is 17.3 Å². The van der Waals surface area contributed by atoms with Crippen LogP contribution in [0.4, 0.5) is 4.39 Å². The van der Waals surface area contributed by atoms with Crippen LogP contribution in [0, 0.1) is 23.1 Å². The lowest BCUT2D eigenvalue weighted by Gasteiger charge is -2.25. The van der Waals surface area contributed by atoms with Crippen molar-refractivity contribution in [1.82, 2.24) is 10.2 Å². The van der Waals surface area contributed by atoms with Crippen molar-refractivity contribution in [3.05, 3.63) is 41.3 Å². The molecule has 0 bridgehead atoms. The molecule has 1 aliphatic rings. The highest BCUT2D eigenvalue weighted by molar-refractivity contribution is 5.62. The van der Waals surface area contributed by atoms with E-state index in [1.165, 1.54) is 0 Å². The predicted molar refractivity (Wildman–Crippen MR) is 79.1 cm³/mol. The molecule has 0 atom stereocenters. The number of halogens is 1. The molecule has 1 aliphatic carbocycles. The fraction of sp³-hybridized carbons (Fsp3) is 0.412. The number of rotatable bonds is 2. The van der Waals surface area contributed by atoms with Crippen LogP contribution in [0.15, 0.2) is 24.3 Å². The summed E-state index contributed by atoms with van der Waals surface area (Å²) >= 11 is 0. The SMILES string of the molecule is CC1CCC(c2[nH]nc(-c3cccc(C#N)c3)c2F)CC1. The number of nitriles is 1. The molecule has 1 fully saturated rings. The van der Waals surface area contributed by atoms with Gasteiger partial charge in [-0.05, 0) is 30.9 Å². The number of benzene rings is 1. The average Bonchev–Trinajstić information content (AvgIpc) is 2.90.